The highest BCUT2D eigenvalue weighted by Crippen LogP contribution is 2.30. The van der Waals surface area contributed by atoms with Gasteiger partial charge in [0.2, 0.25) is 0 Å². The molecular weight excluding hydrogens is 276 g/mol. The monoisotopic (exact) mass is 289 g/mol. The van der Waals surface area contributed by atoms with Crippen molar-refractivity contribution < 1.29 is 22.9 Å². The summed E-state index contributed by atoms with van der Waals surface area (Å²) in [6.07, 6.45) is -1.34. The molecule has 0 radical (unpaired) electrons. The molecule has 0 aliphatic carbocycles. The van der Waals surface area contributed by atoms with Gasteiger partial charge in [-0.15, -0.1) is 0 Å². The minimum atomic E-state index is -1.81. The van der Waals surface area contributed by atoms with E-state index in [4.69, 9.17) is 5.11 Å². The molecule has 1 aliphatic heterocycles. The van der Waals surface area contributed by atoms with Gasteiger partial charge in [-0.2, -0.15) is 0 Å². The normalized spacial score (nSPS) is 29.3. The van der Waals surface area contributed by atoms with Crippen molar-refractivity contribution in [2.75, 3.05) is 6.54 Å². The van der Waals surface area contributed by atoms with E-state index in [2.05, 4.69) is 0 Å². The van der Waals surface area contributed by atoms with Crippen LogP contribution >= 0.6 is 0 Å². The molecule has 2 rings (SSSR count). The maximum absolute atomic E-state index is 13.6. The van der Waals surface area contributed by atoms with E-state index >= 15 is 0 Å². The third kappa shape index (κ3) is 2.66. The minimum Gasteiger partial charge on any atom is -0.480 e. The van der Waals surface area contributed by atoms with Crippen molar-refractivity contribution in [1.29, 1.82) is 0 Å². The van der Waals surface area contributed by atoms with Crippen molar-refractivity contribution in [2.45, 2.75) is 24.0 Å². The zero-order valence-electron chi connectivity index (χ0n) is 10.1. The predicted molar refractivity (Wildman–Crippen MR) is 65.0 cm³/mol. The molecule has 1 fully saturated rings. The zero-order valence-corrected chi connectivity index (χ0v) is 10.9. The number of benzene rings is 1. The van der Waals surface area contributed by atoms with E-state index in [0.29, 0.717) is 0 Å². The lowest BCUT2D eigenvalue weighted by Gasteiger charge is -2.21. The van der Waals surface area contributed by atoms with Crippen LogP contribution in [0.25, 0.3) is 0 Å². The SMILES string of the molecule is CC1C(F)CN(S(=O)c2ccc(F)cc2)C1C(=O)O. The summed E-state index contributed by atoms with van der Waals surface area (Å²) in [6.45, 7) is 1.27. The maximum Gasteiger partial charge on any atom is 0.322 e. The fourth-order valence-corrected chi connectivity index (χ4v) is 3.52. The van der Waals surface area contributed by atoms with Crippen molar-refractivity contribution >= 4 is 17.0 Å². The number of hydrogen-bond acceptors (Lipinski definition) is 2. The summed E-state index contributed by atoms with van der Waals surface area (Å²) in [5.74, 6) is -2.42. The van der Waals surface area contributed by atoms with Crippen LogP contribution < -0.4 is 0 Å². The molecule has 0 aromatic heterocycles. The number of carboxylic acid groups (broad SMARTS) is 1. The number of nitrogens with zero attached hydrogens (tertiary/aromatic N) is 1. The quantitative estimate of drug-likeness (QED) is 0.919. The highest BCUT2D eigenvalue weighted by Gasteiger charge is 2.46. The Kier molecular flexibility index (Phi) is 3.96. The summed E-state index contributed by atoms with van der Waals surface area (Å²) in [6, 6.07) is 3.74. The van der Waals surface area contributed by atoms with Gasteiger partial charge in [0.15, 0.2) is 0 Å². The largest absolute Gasteiger partial charge is 0.480 e. The van der Waals surface area contributed by atoms with Crippen LogP contribution in [0, 0.1) is 11.7 Å². The number of aliphatic carboxylic acids is 1. The smallest absolute Gasteiger partial charge is 0.322 e. The number of carbonyl (C=O) groups is 1. The van der Waals surface area contributed by atoms with Gasteiger partial charge in [0.1, 0.15) is 29.0 Å². The molecule has 0 bridgehead atoms. The first-order valence-electron chi connectivity index (χ1n) is 5.73. The lowest BCUT2D eigenvalue weighted by molar-refractivity contribution is -0.141. The van der Waals surface area contributed by atoms with Crippen molar-refractivity contribution in [3.8, 4) is 0 Å². The van der Waals surface area contributed by atoms with Gasteiger partial charge in [-0.3, -0.25) is 4.79 Å². The molecule has 7 heteroatoms. The molecule has 19 heavy (non-hydrogen) atoms. The zero-order chi connectivity index (χ0) is 14.2. The van der Waals surface area contributed by atoms with Gasteiger partial charge in [0, 0.05) is 12.5 Å². The molecule has 0 spiro atoms. The Hall–Kier alpha value is -1.34. The van der Waals surface area contributed by atoms with Crippen LogP contribution in [-0.4, -0.2) is 38.3 Å². The van der Waals surface area contributed by atoms with Crippen LogP contribution in [0.1, 0.15) is 6.92 Å². The second-order valence-electron chi connectivity index (χ2n) is 4.46. The maximum atomic E-state index is 13.6. The molecule has 0 saturated carbocycles. The molecule has 1 heterocycles. The summed E-state index contributed by atoms with van der Waals surface area (Å²) >= 11 is 0. The molecule has 1 aliphatic rings. The highest BCUT2D eigenvalue weighted by atomic mass is 32.2. The van der Waals surface area contributed by atoms with Crippen LogP contribution in [0.4, 0.5) is 8.78 Å². The average molecular weight is 289 g/mol. The first-order valence-corrected chi connectivity index (χ1v) is 6.83. The van der Waals surface area contributed by atoms with Crippen molar-refractivity contribution in [1.82, 2.24) is 4.31 Å². The Balaban J connectivity index is 2.27. The Morgan fingerprint density at radius 3 is 2.53 bits per heavy atom. The summed E-state index contributed by atoms with van der Waals surface area (Å²) in [5.41, 5.74) is 0. The van der Waals surface area contributed by atoms with E-state index in [1.165, 1.54) is 19.1 Å². The van der Waals surface area contributed by atoms with Gasteiger partial charge >= 0.3 is 5.97 Å². The van der Waals surface area contributed by atoms with Gasteiger partial charge in [-0.25, -0.2) is 17.3 Å². The summed E-state index contributed by atoms with van der Waals surface area (Å²) in [5, 5.41) is 9.11. The summed E-state index contributed by atoms with van der Waals surface area (Å²) in [7, 11) is -1.81. The van der Waals surface area contributed by atoms with Gasteiger partial charge in [0.05, 0.1) is 4.90 Å². The summed E-state index contributed by atoms with van der Waals surface area (Å²) in [4.78, 5) is 11.4. The number of alkyl halides is 1. The van der Waals surface area contributed by atoms with Crippen LogP contribution in [0.2, 0.25) is 0 Å². The van der Waals surface area contributed by atoms with Crippen LogP contribution in [0.15, 0.2) is 29.2 Å². The Bertz CT molecular complexity index is 508. The molecule has 1 saturated heterocycles. The van der Waals surface area contributed by atoms with Crippen LogP contribution in [0.3, 0.4) is 0 Å². The number of halogens is 2. The van der Waals surface area contributed by atoms with E-state index in [0.717, 1.165) is 16.4 Å². The van der Waals surface area contributed by atoms with Gasteiger partial charge < -0.3 is 5.11 Å². The fourth-order valence-electron chi connectivity index (χ4n) is 2.12. The topological polar surface area (TPSA) is 57.6 Å². The lowest BCUT2D eigenvalue weighted by atomic mass is 10.0. The Morgan fingerprint density at radius 1 is 1.42 bits per heavy atom. The van der Waals surface area contributed by atoms with Crippen molar-refractivity contribution in [2.24, 2.45) is 5.92 Å². The van der Waals surface area contributed by atoms with E-state index in [1.807, 2.05) is 0 Å². The average Bonchev–Trinajstić information content (AvgIpc) is 2.66. The first-order chi connectivity index (χ1) is 8.91. The third-order valence-electron chi connectivity index (χ3n) is 3.21. The molecule has 1 aromatic carbocycles. The van der Waals surface area contributed by atoms with Gasteiger partial charge in [-0.1, -0.05) is 6.92 Å². The van der Waals surface area contributed by atoms with E-state index in [9.17, 15) is 17.8 Å². The second-order valence-corrected chi connectivity index (χ2v) is 5.90. The second kappa shape index (κ2) is 5.34. The Labute approximate surface area is 111 Å². The lowest BCUT2D eigenvalue weighted by Crippen LogP contribution is -2.40. The molecule has 104 valence electrons. The Morgan fingerprint density at radius 2 is 2.00 bits per heavy atom. The minimum absolute atomic E-state index is 0.206. The van der Waals surface area contributed by atoms with Crippen LogP contribution in [0.5, 0.6) is 0 Å². The predicted octanol–water partition coefficient (Wildman–Crippen LogP) is 1.59. The van der Waals surface area contributed by atoms with Crippen molar-refractivity contribution in [3.05, 3.63) is 30.1 Å². The number of hydrogen-bond donors (Lipinski definition) is 1. The molecule has 0 amide bonds. The standard InChI is InChI=1S/C12H13F2NO3S/c1-7-10(14)6-15(11(7)12(16)17)19(18)9-4-2-8(13)3-5-9/h2-5,7,10-11H,6H2,1H3,(H,16,17). The first kappa shape index (κ1) is 14.1. The fraction of sp³-hybridized carbons (Fsp3) is 0.417. The highest BCUT2D eigenvalue weighted by molar-refractivity contribution is 7.82. The molecule has 4 nitrogen and oxygen atoms in total. The van der Waals surface area contributed by atoms with Crippen molar-refractivity contribution in [3.63, 3.8) is 0 Å². The molecule has 1 N–H and O–H groups in total. The molecular formula is C12H13F2NO3S. The molecule has 4 atom stereocenters. The van der Waals surface area contributed by atoms with Gasteiger partial charge in [-0.05, 0) is 24.3 Å². The third-order valence-corrected chi connectivity index (χ3v) is 4.69. The van der Waals surface area contributed by atoms with E-state index in [-0.39, 0.29) is 11.4 Å². The van der Waals surface area contributed by atoms with Crippen LogP contribution in [-0.2, 0) is 15.8 Å². The molecule has 1 aromatic rings. The molecule has 4 unspecified atom stereocenters. The van der Waals surface area contributed by atoms with E-state index < -0.39 is 40.9 Å². The van der Waals surface area contributed by atoms with Gasteiger partial charge in [0.25, 0.3) is 0 Å². The number of rotatable bonds is 3. The van der Waals surface area contributed by atoms with E-state index in [1.54, 1.807) is 0 Å². The number of carboxylic acids is 1. The summed E-state index contributed by atoms with van der Waals surface area (Å²) < 4.78 is 39.8.